The van der Waals surface area contributed by atoms with Crippen LogP contribution in [0.2, 0.25) is 5.02 Å². The summed E-state index contributed by atoms with van der Waals surface area (Å²) >= 11 is 5.80. The molecule has 0 aromatic carbocycles. The van der Waals surface area contributed by atoms with E-state index in [4.69, 9.17) is 22.1 Å². The van der Waals surface area contributed by atoms with Crippen LogP contribution in [-0.4, -0.2) is 38.1 Å². The normalized spacial score (nSPS) is 30.5. The molecule has 0 saturated carbocycles. The Labute approximate surface area is 113 Å². The van der Waals surface area contributed by atoms with E-state index >= 15 is 0 Å². The molecule has 2 rings (SSSR count). The molecule has 19 heavy (non-hydrogen) atoms. The molecule has 1 aromatic heterocycles. The monoisotopic (exact) mass is 287 g/mol. The van der Waals surface area contributed by atoms with E-state index < -0.39 is 30.2 Å². The van der Waals surface area contributed by atoms with Crippen LogP contribution >= 0.6 is 11.6 Å². The topological polar surface area (TPSA) is 111 Å². The molecule has 8 heteroatoms. The maximum absolute atomic E-state index is 11.7. The Morgan fingerprint density at radius 2 is 2.47 bits per heavy atom. The number of hydrogen-bond donors (Lipinski definition) is 3. The maximum atomic E-state index is 11.7. The van der Waals surface area contributed by atoms with Crippen molar-refractivity contribution >= 4 is 17.4 Å². The lowest BCUT2D eigenvalue weighted by molar-refractivity contribution is -0.0973. The summed E-state index contributed by atoms with van der Waals surface area (Å²) in [7, 11) is 0. The van der Waals surface area contributed by atoms with Gasteiger partial charge in [0, 0.05) is 12.6 Å². The van der Waals surface area contributed by atoms with E-state index in [1.54, 1.807) is 0 Å². The van der Waals surface area contributed by atoms with E-state index in [2.05, 4.69) is 11.6 Å². The van der Waals surface area contributed by atoms with E-state index in [1.165, 1.54) is 12.3 Å². The number of nitrogen functional groups attached to an aromatic ring is 1. The fourth-order valence-electron chi connectivity index (χ4n) is 2.00. The molecular weight excluding hydrogens is 274 g/mol. The highest BCUT2D eigenvalue weighted by Gasteiger charge is 2.46. The standard InChI is InChI=1S/C11H14ClN3O4/c1-2-11(5-16)7(17)3-8(19-11)15-4-6(12)9(13)14-10(15)18/h2,4,7-8,16-17H,1,3,5H2,(H2,13,14,18)/t7-,8+,11+/m0/s1. The number of rotatable bonds is 3. The van der Waals surface area contributed by atoms with Gasteiger partial charge >= 0.3 is 5.69 Å². The van der Waals surface area contributed by atoms with Gasteiger partial charge in [-0.05, 0) is 0 Å². The maximum Gasteiger partial charge on any atom is 0.351 e. The van der Waals surface area contributed by atoms with Crippen molar-refractivity contribution < 1.29 is 14.9 Å². The number of aliphatic hydroxyl groups excluding tert-OH is 2. The molecule has 0 amide bonds. The third-order valence-corrected chi connectivity index (χ3v) is 3.47. The number of hydrogen-bond acceptors (Lipinski definition) is 6. The van der Waals surface area contributed by atoms with Crippen LogP contribution in [0.3, 0.4) is 0 Å². The zero-order valence-corrected chi connectivity index (χ0v) is 10.7. The SMILES string of the molecule is C=C[C@]1(CO)O[C@@H](n2cc(Cl)c(N)nc2=O)C[C@@H]1O. The van der Waals surface area contributed by atoms with E-state index in [1.807, 2.05) is 0 Å². The van der Waals surface area contributed by atoms with E-state index in [0.29, 0.717) is 0 Å². The number of halogens is 1. The summed E-state index contributed by atoms with van der Waals surface area (Å²) in [4.78, 5) is 15.3. The first-order chi connectivity index (χ1) is 8.93. The number of ether oxygens (including phenoxy) is 1. The molecule has 0 aliphatic carbocycles. The van der Waals surface area contributed by atoms with Crippen LogP contribution in [0.1, 0.15) is 12.6 Å². The summed E-state index contributed by atoms with van der Waals surface area (Å²) in [6.07, 6.45) is 0.936. The van der Waals surface area contributed by atoms with Gasteiger partial charge in [0.05, 0.1) is 17.7 Å². The van der Waals surface area contributed by atoms with E-state index in [-0.39, 0.29) is 17.3 Å². The Kier molecular flexibility index (Phi) is 3.64. The van der Waals surface area contributed by atoms with Gasteiger partial charge in [-0.1, -0.05) is 17.7 Å². The Morgan fingerprint density at radius 3 is 3.00 bits per heavy atom. The van der Waals surface area contributed by atoms with Crippen molar-refractivity contribution in [2.24, 2.45) is 0 Å². The fraction of sp³-hybridized carbons (Fsp3) is 0.455. The van der Waals surface area contributed by atoms with Gasteiger partial charge in [-0.2, -0.15) is 4.98 Å². The second kappa shape index (κ2) is 4.93. The average Bonchev–Trinajstić information content (AvgIpc) is 2.71. The van der Waals surface area contributed by atoms with E-state index in [9.17, 15) is 15.0 Å². The molecule has 3 atom stereocenters. The quantitative estimate of drug-likeness (QED) is 0.657. The highest BCUT2D eigenvalue weighted by atomic mass is 35.5. The van der Waals surface area contributed by atoms with Crippen LogP contribution in [0, 0.1) is 0 Å². The van der Waals surface area contributed by atoms with Gasteiger partial charge in [0.2, 0.25) is 0 Å². The molecule has 0 spiro atoms. The summed E-state index contributed by atoms with van der Waals surface area (Å²) in [5.74, 6) is -0.0707. The van der Waals surface area contributed by atoms with E-state index in [0.717, 1.165) is 4.57 Å². The van der Waals surface area contributed by atoms with Gasteiger partial charge < -0.3 is 20.7 Å². The van der Waals surface area contributed by atoms with Crippen LogP contribution in [0.25, 0.3) is 0 Å². The second-order valence-corrected chi connectivity index (χ2v) is 4.71. The number of aliphatic hydroxyl groups is 2. The highest BCUT2D eigenvalue weighted by Crippen LogP contribution is 2.37. The third kappa shape index (κ3) is 2.25. The number of anilines is 1. The molecule has 1 aliphatic rings. The Hall–Kier alpha value is -1.41. The molecule has 1 aliphatic heterocycles. The van der Waals surface area contributed by atoms with Crippen molar-refractivity contribution in [1.29, 1.82) is 0 Å². The minimum Gasteiger partial charge on any atom is -0.393 e. The lowest BCUT2D eigenvalue weighted by Crippen LogP contribution is -2.41. The van der Waals surface area contributed by atoms with Gasteiger partial charge in [0.15, 0.2) is 0 Å². The van der Waals surface area contributed by atoms with Crippen molar-refractivity contribution in [3.63, 3.8) is 0 Å². The number of nitrogens with zero attached hydrogens (tertiary/aromatic N) is 2. The summed E-state index contributed by atoms with van der Waals surface area (Å²) in [5, 5.41) is 19.4. The zero-order valence-electron chi connectivity index (χ0n) is 9.99. The Balaban J connectivity index is 2.38. The van der Waals surface area contributed by atoms with Crippen LogP contribution < -0.4 is 11.4 Å². The molecule has 1 aromatic rings. The molecule has 7 nitrogen and oxygen atoms in total. The lowest BCUT2D eigenvalue weighted by atomic mass is 9.98. The minimum atomic E-state index is -1.29. The van der Waals surface area contributed by atoms with Crippen molar-refractivity contribution in [2.45, 2.75) is 24.4 Å². The third-order valence-electron chi connectivity index (χ3n) is 3.18. The summed E-state index contributed by atoms with van der Waals surface area (Å²) < 4.78 is 6.65. The summed E-state index contributed by atoms with van der Waals surface area (Å²) in [6.45, 7) is 3.08. The van der Waals surface area contributed by atoms with Gasteiger partial charge in [0.1, 0.15) is 17.6 Å². The molecule has 0 unspecified atom stereocenters. The molecule has 1 fully saturated rings. The molecule has 2 heterocycles. The predicted octanol–water partition coefficient (Wildman–Crippen LogP) is -0.324. The molecule has 0 radical (unpaired) electrons. The van der Waals surface area contributed by atoms with Crippen LogP contribution in [0.4, 0.5) is 5.82 Å². The first kappa shape index (κ1) is 14.0. The number of nitrogens with two attached hydrogens (primary N) is 1. The summed E-state index contributed by atoms with van der Waals surface area (Å²) in [6, 6.07) is 0. The minimum absolute atomic E-state index is 0.0707. The second-order valence-electron chi connectivity index (χ2n) is 4.31. The van der Waals surface area contributed by atoms with Crippen molar-refractivity contribution in [3.8, 4) is 0 Å². The van der Waals surface area contributed by atoms with Gasteiger partial charge in [0.25, 0.3) is 0 Å². The van der Waals surface area contributed by atoms with Crippen LogP contribution in [-0.2, 0) is 4.74 Å². The lowest BCUT2D eigenvalue weighted by Gasteiger charge is -2.26. The Bertz CT molecular complexity index is 561. The van der Waals surface area contributed by atoms with Gasteiger partial charge in [-0.15, -0.1) is 6.58 Å². The molecule has 0 bridgehead atoms. The molecule has 4 N–H and O–H groups in total. The van der Waals surface area contributed by atoms with Crippen molar-refractivity contribution in [1.82, 2.24) is 9.55 Å². The van der Waals surface area contributed by atoms with Crippen molar-refractivity contribution in [2.75, 3.05) is 12.3 Å². The highest BCUT2D eigenvalue weighted by molar-refractivity contribution is 6.32. The van der Waals surface area contributed by atoms with Gasteiger partial charge in [-0.3, -0.25) is 4.57 Å². The largest absolute Gasteiger partial charge is 0.393 e. The summed E-state index contributed by atoms with van der Waals surface area (Å²) in [5.41, 5.74) is 3.48. The Morgan fingerprint density at radius 1 is 1.79 bits per heavy atom. The van der Waals surface area contributed by atoms with Crippen LogP contribution in [0.5, 0.6) is 0 Å². The molecule has 1 saturated heterocycles. The van der Waals surface area contributed by atoms with Gasteiger partial charge in [-0.25, -0.2) is 4.79 Å². The molecule has 104 valence electrons. The predicted molar refractivity (Wildman–Crippen MR) is 68.7 cm³/mol. The number of aromatic nitrogens is 2. The molecular formula is C11H14ClN3O4. The average molecular weight is 288 g/mol. The van der Waals surface area contributed by atoms with Crippen molar-refractivity contribution in [3.05, 3.63) is 34.4 Å². The first-order valence-corrected chi connectivity index (χ1v) is 5.96. The fourth-order valence-corrected chi connectivity index (χ4v) is 2.14. The zero-order chi connectivity index (χ0) is 14.2. The first-order valence-electron chi connectivity index (χ1n) is 5.58. The van der Waals surface area contributed by atoms with Crippen LogP contribution in [0.15, 0.2) is 23.6 Å². The smallest absolute Gasteiger partial charge is 0.351 e.